The van der Waals surface area contributed by atoms with Gasteiger partial charge >= 0.3 is 0 Å². The van der Waals surface area contributed by atoms with Crippen molar-refractivity contribution in [3.8, 4) is 17.0 Å². The maximum Gasteiger partial charge on any atom is 0.215 e. The van der Waals surface area contributed by atoms with E-state index in [1.807, 2.05) is 30.3 Å². The molecule has 24 heavy (non-hydrogen) atoms. The van der Waals surface area contributed by atoms with Gasteiger partial charge in [-0.1, -0.05) is 12.1 Å². The molecular weight excluding hydrogens is 322 g/mol. The molecule has 4 nitrogen and oxygen atoms in total. The van der Waals surface area contributed by atoms with Gasteiger partial charge in [-0.15, -0.1) is 11.6 Å². The number of hydrogen-bond donors (Lipinski definition) is 0. The first kappa shape index (κ1) is 15.1. The summed E-state index contributed by atoms with van der Waals surface area (Å²) in [4.78, 5) is 4.82. The van der Waals surface area contributed by atoms with Crippen molar-refractivity contribution in [3.63, 3.8) is 0 Å². The van der Waals surface area contributed by atoms with Gasteiger partial charge < -0.3 is 9.30 Å². The van der Waals surface area contributed by atoms with Gasteiger partial charge in [0.2, 0.25) is 5.78 Å². The number of aryl methyl sites for hydroxylation is 2. The van der Waals surface area contributed by atoms with Crippen LogP contribution in [0.3, 0.4) is 0 Å². The molecule has 0 amide bonds. The van der Waals surface area contributed by atoms with Crippen LogP contribution in [0, 0.1) is 6.92 Å². The highest BCUT2D eigenvalue weighted by Gasteiger charge is 2.19. The van der Waals surface area contributed by atoms with Gasteiger partial charge in [-0.05, 0) is 43.3 Å². The molecule has 0 radical (unpaired) electrons. The lowest BCUT2D eigenvalue weighted by Gasteiger charge is -2.09. The third-order valence-electron chi connectivity index (χ3n) is 4.40. The average molecular weight is 340 g/mol. The number of halogens is 1. The summed E-state index contributed by atoms with van der Waals surface area (Å²) in [5, 5.41) is 0. The van der Waals surface area contributed by atoms with Gasteiger partial charge in [-0.25, -0.2) is 4.98 Å². The molecular formula is C19H18ClN3O. The Labute approximate surface area is 145 Å². The lowest BCUT2D eigenvalue weighted by molar-refractivity contribution is 0.415. The highest BCUT2D eigenvalue weighted by molar-refractivity contribution is 6.17. The standard InChI is InChI=1S/C19H18ClN3O/c1-13-18(14-7-9-15(24-2)10-8-14)22(12-11-20)19-21-16-5-3-4-6-17(16)23(13)19/h3-10H,11-12H2,1-2H3. The van der Waals surface area contributed by atoms with Crippen LogP contribution in [0.4, 0.5) is 0 Å². The topological polar surface area (TPSA) is 31.5 Å². The zero-order valence-electron chi connectivity index (χ0n) is 13.7. The van der Waals surface area contributed by atoms with Crippen LogP contribution in [0.1, 0.15) is 5.69 Å². The first-order valence-corrected chi connectivity index (χ1v) is 8.44. The smallest absolute Gasteiger partial charge is 0.215 e. The normalized spacial score (nSPS) is 11.5. The molecule has 0 aliphatic rings. The predicted molar refractivity (Wildman–Crippen MR) is 98.1 cm³/mol. The highest BCUT2D eigenvalue weighted by Crippen LogP contribution is 2.31. The summed E-state index contributed by atoms with van der Waals surface area (Å²) in [6, 6.07) is 16.3. The molecule has 0 saturated carbocycles. The summed E-state index contributed by atoms with van der Waals surface area (Å²) in [5.41, 5.74) is 5.56. The van der Waals surface area contributed by atoms with Gasteiger partial charge in [-0.3, -0.25) is 4.40 Å². The molecule has 0 saturated heterocycles. The molecule has 0 N–H and O–H groups in total. The largest absolute Gasteiger partial charge is 0.497 e. The Balaban J connectivity index is 2.02. The number of nitrogens with zero attached hydrogens (tertiary/aromatic N) is 3. The molecule has 0 unspecified atom stereocenters. The summed E-state index contributed by atoms with van der Waals surface area (Å²) < 4.78 is 9.68. The van der Waals surface area contributed by atoms with Crippen LogP contribution in [0.15, 0.2) is 48.5 Å². The van der Waals surface area contributed by atoms with E-state index >= 15 is 0 Å². The number of methoxy groups -OCH3 is 1. The predicted octanol–water partition coefficient (Wildman–Crippen LogP) is 4.51. The van der Waals surface area contributed by atoms with E-state index in [0.29, 0.717) is 12.4 Å². The molecule has 122 valence electrons. The number of rotatable bonds is 4. The second-order valence-electron chi connectivity index (χ2n) is 5.74. The van der Waals surface area contributed by atoms with E-state index in [1.165, 1.54) is 0 Å². The molecule has 2 aromatic carbocycles. The summed E-state index contributed by atoms with van der Waals surface area (Å²) in [5.74, 6) is 2.32. The van der Waals surface area contributed by atoms with Crippen molar-refractivity contribution in [1.82, 2.24) is 14.0 Å². The minimum Gasteiger partial charge on any atom is -0.497 e. The zero-order valence-corrected chi connectivity index (χ0v) is 14.4. The molecule has 2 aromatic heterocycles. The quantitative estimate of drug-likeness (QED) is 0.512. The van der Waals surface area contributed by atoms with E-state index in [0.717, 1.165) is 39.5 Å². The highest BCUT2D eigenvalue weighted by atomic mass is 35.5. The van der Waals surface area contributed by atoms with Gasteiger partial charge in [-0.2, -0.15) is 0 Å². The average Bonchev–Trinajstić information content (AvgIpc) is 3.12. The Morgan fingerprint density at radius 3 is 2.54 bits per heavy atom. The number of imidazole rings is 2. The van der Waals surface area contributed by atoms with Crippen LogP contribution in [-0.2, 0) is 6.54 Å². The van der Waals surface area contributed by atoms with Crippen LogP contribution < -0.4 is 4.74 Å². The van der Waals surface area contributed by atoms with Crippen molar-refractivity contribution >= 4 is 28.4 Å². The lowest BCUT2D eigenvalue weighted by Crippen LogP contribution is -2.02. The van der Waals surface area contributed by atoms with E-state index in [-0.39, 0.29) is 0 Å². The van der Waals surface area contributed by atoms with E-state index in [4.69, 9.17) is 21.3 Å². The summed E-state index contributed by atoms with van der Waals surface area (Å²) >= 11 is 6.07. The molecule has 0 bridgehead atoms. The molecule has 5 heteroatoms. The van der Waals surface area contributed by atoms with Crippen molar-refractivity contribution in [1.29, 1.82) is 0 Å². The van der Waals surface area contributed by atoms with Crippen molar-refractivity contribution in [2.24, 2.45) is 0 Å². The maximum absolute atomic E-state index is 6.07. The number of hydrogen-bond acceptors (Lipinski definition) is 2. The van der Waals surface area contributed by atoms with Crippen LogP contribution >= 0.6 is 11.6 Å². The number of para-hydroxylation sites is 2. The SMILES string of the molecule is COc1ccc(-c2c(C)n3c4ccccc4nc3n2CCCl)cc1. The molecule has 0 aliphatic heterocycles. The van der Waals surface area contributed by atoms with Crippen molar-refractivity contribution in [3.05, 3.63) is 54.2 Å². The second kappa shape index (κ2) is 5.87. The minimum absolute atomic E-state index is 0.538. The molecule has 4 aromatic rings. The van der Waals surface area contributed by atoms with Crippen molar-refractivity contribution in [2.75, 3.05) is 13.0 Å². The summed E-state index contributed by atoms with van der Waals surface area (Å²) in [6.45, 7) is 2.84. The molecule has 0 fully saturated rings. The molecule has 4 rings (SSSR count). The third-order valence-corrected chi connectivity index (χ3v) is 4.57. The van der Waals surface area contributed by atoms with Crippen LogP contribution in [0.2, 0.25) is 0 Å². The molecule has 0 atom stereocenters. The van der Waals surface area contributed by atoms with Gasteiger partial charge in [0.25, 0.3) is 0 Å². The Morgan fingerprint density at radius 1 is 1.08 bits per heavy atom. The molecule has 0 spiro atoms. The lowest BCUT2D eigenvalue weighted by atomic mass is 10.1. The fourth-order valence-electron chi connectivity index (χ4n) is 3.34. The van der Waals surface area contributed by atoms with E-state index in [2.05, 4.69) is 34.1 Å². The van der Waals surface area contributed by atoms with Gasteiger partial charge in [0, 0.05) is 23.7 Å². The van der Waals surface area contributed by atoms with Crippen LogP contribution in [0.5, 0.6) is 5.75 Å². The summed E-state index contributed by atoms with van der Waals surface area (Å²) in [6.07, 6.45) is 0. The van der Waals surface area contributed by atoms with E-state index < -0.39 is 0 Å². The Kier molecular flexibility index (Phi) is 3.69. The van der Waals surface area contributed by atoms with Crippen LogP contribution in [-0.4, -0.2) is 26.9 Å². The Morgan fingerprint density at radius 2 is 1.83 bits per heavy atom. The minimum atomic E-state index is 0.538. The number of aromatic nitrogens is 3. The van der Waals surface area contributed by atoms with Gasteiger partial charge in [0.05, 0.1) is 23.8 Å². The van der Waals surface area contributed by atoms with Crippen LogP contribution in [0.25, 0.3) is 28.1 Å². The fourth-order valence-corrected chi connectivity index (χ4v) is 3.51. The van der Waals surface area contributed by atoms with Crippen molar-refractivity contribution < 1.29 is 4.74 Å². The number of ether oxygens (including phenoxy) is 1. The second-order valence-corrected chi connectivity index (χ2v) is 6.12. The molecule has 2 heterocycles. The number of benzene rings is 2. The maximum atomic E-state index is 6.07. The number of fused-ring (bicyclic) bond motifs is 3. The fraction of sp³-hybridized carbons (Fsp3) is 0.211. The van der Waals surface area contributed by atoms with Gasteiger partial charge in [0.1, 0.15) is 5.75 Å². The molecule has 0 aliphatic carbocycles. The monoisotopic (exact) mass is 339 g/mol. The third kappa shape index (κ3) is 2.18. The zero-order chi connectivity index (χ0) is 16.7. The summed E-state index contributed by atoms with van der Waals surface area (Å²) in [7, 11) is 1.68. The van der Waals surface area contributed by atoms with E-state index in [9.17, 15) is 0 Å². The first-order valence-electron chi connectivity index (χ1n) is 7.91. The number of alkyl halides is 1. The Hall–Kier alpha value is -2.46. The van der Waals surface area contributed by atoms with Crippen molar-refractivity contribution in [2.45, 2.75) is 13.5 Å². The van der Waals surface area contributed by atoms with Gasteiger partial charge in [0.15, 0.2) is 0 Å². The first-order chi connectivity index (χ1) is 11.7. The Bertz CT molecular complexity index is 1010. The van der Waals surface area contributed by atoms with E-state index in [1.54, 1.807) is 7.11 Å².